The SMILES string of the molecule is CN(C)C(=O)CN(CC(=O)OC(C)(C)C)C1CCOCC1. The van der Waals surface area contributed by atoms with E-state index in [-0.39, 0.29) is 31.0 Å². The Labute approximate surface area is 127 Å². The Kier molecular flexibility index (Phi) is 6.61. The highest BCUT2D eigenvalue weighted by atomic mass is 16.6. The van der Waals surface area contributed by atoms with Crippen molar-refractivity contribution in [1.82, 2.24) is 9.80 Å². The van der Waals surface area contributed by atoms with Gasteiger partial charge in [-0.1, -0.05) is 0 Å². The molecule has 0 saturated carbocycles. The standard InChI is InChI=1S/C15H28N2O4/c1-15(2,3)21-14(19)11-17(10-13(18)16(4)5)12-6-8-20-9-7-12/h12H,6-11H2,1-5H3. The Morgan fingerprint density at radius 3 is 2.19 bits per heavy atom. The number of nitrogens with zero attached hydrogens (tertiary/aromatic N) is 2. The minimum atomic E-state index is -0.510. The van der Waals surface area contributed by atoms with Gasteiger partial charge < -0.3 is 14.4 Å². The fraction of sp³-hybridized carbons (Fsp3) is 0.867. The molecule has 0 aromatic rings. The molecule has 1 aliphatic heterocycles. The summed E-state index contributed by atoms with van der Waals surface area (Å²) in [5, 5.41) is 0. The Morgan fingerprint density at radius 2 is 1.71 bits per heavy atom. The van der Waals surface area contributed by atoms with Gasteiger partial charge in [0.15, 0.2) is 0 Å². The second-order valence-electron chi connectivity index (χ2n) is 6.62. The van der Waals surface area contributed by atoms with Crippen molar-refractivity contribution in [3.8, 4) is 0 Å². The summed E-state index contributed by atoms with van der Waals surface area (Å²) in [5.74, 6) is -0.300. The second-order valence-corrected chi connectivity index (χ2v) is 6.62. The van der Waals surface area contributed by atoms with E-state index in [1.54, 1.807) is 19.0 Å². The molecule has 0 bridgehead atoms. The third kappa shape index (κ3) is 6.91. The zero-order valence-electron chi connectivity index (χ0n) is 13.8. The van der Waals surface area contributed by atoms with E-state index in [4.69, 9.17) is 9.47 Å². The number of ether oxygens (including phenoxy) is 2. The van der Waals surface area contributed by atoms with Crippen LogP contribution in [0.3, 0.4) is 0 Å². The van der Waals surface area contributed by atoms with Crippen LogP contribution in [0.2, 0.25) is 0 Å². The molecule has 0 aromatic heterocycles. The molecule has 21 heavy (non-hydrogen) atoms. The Balaban J connectivity index is 2.66. The summed E-state index contributed by atoms with van der Waals surface area (Å²) in [6.45, 7) is 7.24. The number of rotatable bonds is 5. The first-order valence-electron chi connectivity index (χ1n) is 7.43. The molecule has 0 aliphatic carbocycles. The summed E-state index contributed by atoms with van der Waals surface area (Å²) in [5.41, 5.74) is -0.510. The molecule has 1 fully saturated rings. The molecular formula is C15H28N2O4. The Hall–Kier alpha value is -1.14. The van der Waals surface area contributed by atoms with Crippen LogP contribution in [0.15, 0.2) is 0 Å². The first kappa shape index (κ1) is 17.9. The van der Waals surface area contributed by atoms with Crippen molar-refractivity contribution in [3.63, 3.8) is 0 Å². The van der Waals surface area contributed by atoms with Gasteiger partial charge in [-0.05, 0) is 33.6 Å². The fourth-order valence-electron chi connectivity index (χ4n) is 2.22. The normalized spacial score (nSPS) is 16.9. The number of carbonyl (C=O) groups is 2. The summed E-state index contributed by atoms with van der Waals surface area (Å²) in [6, 6.07) is 0.190. The maximum Gasteiger partial charge on any atom is 0.320 e. The van der Waals surface area contributed by atoms with Crippen LogP contribution >= 0.6 is 0 Å². The fourth-order valence-corrected chi connectivity index (χ4v) is 2.22. The van der Waals surface area contributed by atoms with Gasteiger partial charge in [0.2, 0.25) is 5.91 Å². The van der Waals surface area contributed by atoms with Crippen molar-refractivity contribution in [2.24, 2.45) is 0 Å². The average molecular weight is 300 g/mol. The minimum absolute atomic E-state index is 0.00921. The van der Waals surface area contributed by atoms with Crippen LogP contribution < -0.4 is 0 Å². The van der Waals surface area contributed by atoms with E-state index >= 15 is 0 Å². The lowest BCUT2D eigenvalue weighted by Crippen LogP contribution is -2.48. The molecule has 0 unspecified atom stereocenters. The monoisotopic (exact) mass is 300 g/mol. The third-order valence-electron chi connectivity index (χ3n) is 3.30. The first-order valence-corrected chi connectivity index (χ1v) is 7.43. The van der Waals surface area contributed by atoms with Gasteiger partial charge in [-0.15, -0.1) is 0 Å². The molecule has 1 saturated heterocycles. The predicted molar refractivity (Wildman–Crippen MR) is 80.0 cm³/mol. The zero-order valence-corrected chi connectivity index (χ0v) is 13.8. The lowest BCUT2D eigenvalue weighted by Gasteiger charge is -2.34. The Morgan fingerprint density at radius 1 is 1.14 bits per heavy atom. The second kappa shape index (κ2) is 7.75. The predicted octanol–water partition coefficient (Wildman–Crippen LogP) is 0.897. The largest absolute Gasteiger partial charge is 0.459 e. The first-order chi connectivity index (χ1) is 9.69. The molecule has 0 radical (unpaired) electrons. The van der Waals surface area contributed by atoms with E-state index in [0.717, 1.165) is 12.8 Å². The topological polar surface area (TPSA) is 59.1 Å². The van der Waals surface area contributed by atoms with Crippen molar-refractivity contribution >= 4 is 11.9 Å². The van der Waals surface area contributed by atoms with Crippen molar-refractivity contribution in [2.45, 2.75) is 45.3 Å². The molecule has 6 heteroatoms. The number of likely N-dealkylation sites (N-methyl/N-ethyl adjacent to an activating group) is 1. The van der Waals surface area contributed by atoms with E-state index in [9.17, 15) is 9.59 Å². The number of amides is 1. The molecule has 122 valence electrons. The van der Waals surface area contributed by atoms with Crippen LogP contribution in [0.4, 0.5) is 0 Å². The van der Waals surface area contributed by atoms with Gasteiger partial charge in [-0.25, -0.2) is 0 Å². The van der Waals surface area contributed by atoms with Crippen molar-refractivity contribution in [2.75, 3.05) is 40.4 Å². The van der Waals surface area contributed by atoms with Gasteiger partial charge in [0, 0.05) is 33.4 Å². The van der Waals surface area contributed by atoms with Gasteiger partial charge in [0.25, 0.3) is 0 Å². The van der Waals surface area contributed by atoms with Gasteiger partial charge in [0.1, 0.15) is 5.60 Å². The van der Waals surface area contributed by atoms with Crippen LogP contribution in [0, 0.1) is 0 Å². The van der Waals surface area contributed by atoms with Crippen LogP contribution in [-0.4, -0.2) is 73.7 Å². The third-order valence-corrected chi connectivity index (χ3v) is 3.30. The van der Waals surface area contributed by atoms with E-state index in [1.165, 1.54) is 0 Å². The average Bonchev–Trinajstić information content (AvgIpc) is 2.36. The van der Waals surface area contributed by atoms with Crippen molar-refractivity contribution < 1.29 is 19.1 Å². The summed E-state index contributed by atoms with van der Waals surface area (Å²) >= 11 is 0. The molecule has 1 aliphatic rings. The molecule has 6 nitrogen and oxygen atoms in total. The van der Waals surface area contributed by atoms with E-state index < -0.39 is 5.60 Å². The molecule has 1 rings (SSSR count). The smallest absolute Gasteiger partial charge is 0.320 e. The maximum absolute atomic E-state index is 12.0. The summed E-state index contributed by atoms with van der Waals surface area (Å²) < 4.78 is 10.7. The maximum atomic E-state index is 12.0. The lowest BCUT2D eigenvalue weighted by molar-refractivity contribution is -0.157. The van der Waals surface area contributed by atoms with Crippen LogP contribution in [0.1, 0.15) is 33.6 Å². The van der Waals surface area contributed by atoms with Crippen LogP contribution in [0.5, 0.6) is 0 Å². The highest BCUT2D eigenvalue weighted by Gasteiger charge is 2.27. The van der Waals surface area contributed by atoms with E-state index in [2.05, 4.69) is 0 Å². The summed E-state index contributed by atoms with van der Waals surface area (Å²) in [6.07, 6.45) is 1.67. The Bertz CT molecular complexity index is 357. The quantitative estimate of drug-likeness (QED) is 0.706. The number of hydrogen-bond donors (Lipinski definition) is 0. The highest BCUT2D eigenvalue weighted by molar-refractivity contribution is 5.79. The summed E-state index contributed by atoms with van der Waals surface area (Å²) in [4.78, 5) is 27.5. The molecule has 0 aromatic carbocycles. The van der Waals surface area contributed by atoms with Gasteiger partial charge in [-0.2, -0.15) is 0 Å². The summed E-state index contributed by atoms with van der Waals surface area (Å²) in [7, 11) is 3.44. The van der Waals surface area contributed by atoms with Gasteiger partial charge in [0.05, 0.1) is 13.1 Å². The van der Waals surface area contributed by atoms with Gasteiger partial charge in [-0.3, -0.25) is 14.5 Å². The van der Waals surface area contributed by atoms with Crippen LogP contribution in [0.25, 0.3) is 0 Å². The number of carbonyl (C=O) groups excluding carboxylic acids is 2. The molecular weight excluding hydrogens is 272 g/mol. The van der Waals surface area contributed by atoms with Crippen molar-refractivity contribution in [3.05, 3.63) is 0 Å². The molecule has 0 N–H and O–H groups in total. The highest BCUT2D eigenvalue weighted by Crippen LogP contribution is 2.16. The van der Waals surface area contributed by atoms with E-state index in [1.807, 2.05) is 25.7 Å². The molecule has 0 atom stereocenters. The van der Waals surface area contributed by atoms with Gasteiger partial charge >= 0.3 is 5.97 Å². The van der Waals surface area contributed by atoms with Crippen molar-refractivity contribution in [1.29, 1.82) is 0 Å². The molecule has 1 amide bonds. The lowest BCUT2D eigenvalue weighted by atomic mass is 10.1. The zero-order chi connectivity index (χ0) is 16.0. The number of hydrogen-bond acceptors (Lipinski definition) is 5. The minimum Gasteiger partial charge on any atom is -0.459 e. The van der Waals surface area contributed by atoms with E-state index in [0.29, 0.717) is 13.2 Å². The number of esters is 1. The van der Waals surface area contributed by atoms with Crippen LogP contribution in [-0.2, 0) is 19.1 Å². The molecule has 1 heterocycles. The molecule has 0 spiro atoms.